The Morgan fingerprint density at radius 3 is 2.56 bits per heavy atom. The van der Waals surface area contributed by atoms with Gasteiger partial charge in [0.1, 0.15) is 0 Å². The number of amides is 2. The smallest absolute Gasteiger partial charge is 0.227 e. The van der Waals surface area contributed by atoms with E-state index in [4.69, 9.17) is 11.6 Å². The van der Waals surface area contributed by atoms with Crippen molar-refractivity contribution in [3.63, 3.8) is 0 Å². The van der Waals surface area contributed by atoms with Crippen LogP contribution >= 0.6 is 11.6 Å². The van der Waals surface area contributed by atoms with E-state index < -0.39 is 0 Å². The third-order valence-corrected chi connectivity index (χ3v) is 4.84. The van der Waals surface area contributed by atoms with Gasteiger partial charge in [-0.15, -0.1) is 0 Å². The van der Waals surface area contributed by atoms with Gasteiger partial charge in [0.15, 0.2) is 0 Å². The monoisotopic (exact) mass is 356 g/mol. The summed E-state index contributed by atoms with van der Waals surface area (Å²) in [6, 6.07) is 17.2. The third-order valence-electron chi connectivity index (χ3n) is 4.59. The van der Waals surface area contributed by atoms with Crippen LogP contribution in [0.2, 0.25) is 5.02 Å². The standard InChI is InChI=1S/C20H21ClN2O2/c1-14(15-5-3-2-4-6-15)12-22-20(25)16-11-19(24)23(13-16)18-9-7-17(21)8-10-18/h2-10,14,16H,11-13H2,1H3,(H,22,25)/t14-,16-/m1/s1. The van der Waals surface area contributed by atoms with Gasteiger partial charge in [-0.1, -0.05) is 48.9 Å². The van der Waals surface area contributed by atoms with Crippen LogP contribution in [0.5, 0.6) is 0 Å². The molecule has 2 aromatic carbocycles. The van der Waals surface area contributed by atoms with Gasteiger partial charge in [0, 0.05) is 30.2 Å². The van der Waals surface area contributed by atoms with E-state index in [0.717, 1.165) is 5.69 Å². The number of halogens is 1. The van der Waals surface area contributed by atoms with Crippen molar-refractivity contribution in [3.8, 4) is 0 Å². The molecule has 0 saturated carbocycles. The predicted molar refractivity (Wildman–Crippen MR) is 99.8 cm³/mol. The van der Waals surface area contributed by atoms with Gasteiger partial charge in [-0.05, 0) is 35.7 Å². The molecule has 2 aromatic rings. The van der Waals surface area contributed by atoms with Crippen LogP contribution in [0.3, 0.4) is 0 Å². The molecule has 0 aromatic heterocycles. The topological polar surface area (TPSA) is 49.4 Å². The second kappa shape index (κ2) is 7.70. The number of hydrogen-bond donors (Lipinski definition) is 1. The number of benzene rings is 2. The minimum atomic E-state index is -0.314. The molecular formula is C20H21ClN2O2. The van der Waals surface area contributed by atoms with Crippen LogP contribution in [0.25, 0.3) is 0 Å². The van der Waals surface area contributed by atoms with Crippen molar-refractivity contribution in [1.82, 2.24) is 5.32 Å². The zero-order chi connectivity index (χ0) is 17.8. The van der Waals surface area contributed by atoms with Gasteiger partial charge in [-0.3, -0.25) is 9.59 Å². The molecule has 1 fully saturated rings. The molecule has 0 bridgehead atoms. The first-order chi connectivity index (χ1) is 12.0. The van der Waals surface area contributed by atoms with E-state index in [9.17, 15) is 9.59 Å². The van der Waals surface area contributed by atoms with Gasteiger partial charge < -0.3 is 10.2 Å². The maximum Gasteiger partial charge on any atom is 0.227 e. The zero-order valence-electron chi connectivity index (χ0n) is 14.1. The summed E-state index contributed by atoms with van der Waals surface area (Å²) >= 11 is 5.89. The molecule has 1 N–H and O–H groups in total. The van der Waals surface area contributed by atoms with Gasteiger partial charge >= 0.3 is 0 Å². The van der Waals surface area contributed by atoms with Crippen molar-refractivity contribution in [1.29, 1.82) is 0 Å². The van der Waals surface area contributed by atoms with Gasteiger partial charge in [0.2, 0.25) is 11.8 Å². The van der Waals surface area contributed by atoms with Crippen LogP contribution in [0.4, 0.5) is 5.69 Å². The first-order valence-corrected chi connectivity index (χ1v) is 8.81. The highest BCUT2D eigenvalue weighted by molar-refractivity contribution is 6.30. The van der Waals surface area contributed by atoms with Crippen LogP contribution in [-0.2, 0) is 9.59 Å². The summed E-state index contributed by atoms with van der Waals surface area (Å²) in [7, 11) is 0. The minimum Gasteiger partial charge on any atom is -0.355 e. The van der Waals surface area contributed by atoms with Gasteiger partial charge in [-0.25, -0.2) is 0 Å². The third kappa shape index (κ3) is 4.20. The van der Waals surface area contributed by atoms with Crippen LogP contribution in [-0.4, -0.2) is 24.9 Å². The highest BCUT2D eigenvalue weighted by Gasteiger charge is 2.35. The first-order valence-electron chi connectivity index (χ1n) is 8.43. The first kappa shape index (κ1) is 17.5. The van der Waals surface area contributed by atoms with E-state index in [-0.39, 0.29) is 30.1 Å². The van der Waals surface area contributed by atoms with Crippen molar-refractivity contribution in [2.75, 3.05) is 18.0 Å². The van der Waals surface area contributed by atoms with E-state index >= 15 is 0 Å². The van der Waals surface area contributed by atoms with E-state index in [1.807, 2.05) is 18.2 Å². The fourth-order valence-electron chi connectivity index (χ4n) is 3.05. The summed E-state index contributed by atoms with van der Waals surface area (Å²) in [5, 5.41) is 3.61. The van der Waals surface area contributed by atoms with Crippen molar-refractivity contribution in [2.45, 2.75) is 19.3 Å². The molecule has 1 aliphatic rings. The highest BCUT2D eigenvalue weighted by Crippen LogP contribution is 2.26. The van der Waals surface area contributed by atoms with E-state index in [0.29, 0.717) is 18.1 Å². The molecule has 0 spiro atoms. The van der Waals surface area contributed by atoms with Crippen molar-refractivity contribution in [2.24, 2.45) is 5.92 Å². The quantitative estimate of drug-likeness (QED) is 0.889. The van der Waals surface area contributed by atoms with Gasteiger partial charge in [-0.2, -0.15) is 0 Å². The molecule has 0 aliphatic carbocycles. The van der Waals surface area contributed by atoms with Crippen LogP contribution < -0.4 is 10.2 Å². The molecule has 1 heterocycles. The molecule has 5 heteroatoms. The summed E-state index contributed by atoms with van der Waals surface area (Å²) < 4.78 is 0. The Morgan fingerprint density at radius 2 is 1.88 bits per heavy atom. The molecule has 130 valence electrons. The molecule has 0 unspecified atom stereocenters. The zero-order valence-corrected chi connectivity index (χ0v) is 14.9. The Labute approximate surface area is 152 Å². The largest absolute Gasteiger partial charge is 0.355 e. The predicted octanol–water partition coefficient (Wildman–Crippen LogP) is 3.61. The Balaban J connectivity index is 1.56. The molecule has 3 rings (SSSR count). The lowest BCUT2D eigenvalue weighted by Gasteiger charge is -2.18. The number of carbonyl (C=O) groups excluding carboxylic acids is 2. The Kier molecular flexibility index (Phi) is 5.39. The molecule has 4 nitrogen and oxygen atoms in total. The average Bonchev–Trinajstić information content (AvgIpc) is 3.02. The second-order valence-corrected chi connectivity index (χ2v) is 6.88. The van der Waals surface area contributed by atoms with E-state index in [1.54, 1.807) is 29.2 Å². The highest BCUT2D eigenvalue weighted by atomic mass is 35.5. The molecule has 25 heavy (non-hydrogen) atoms. The number of anilines is 1. The maximum atomic E-state index is 12.4. The maximum absolute atomic E-state index is 12.4. The Bertz CT molecular complexity index is 746. The molecule has 0 radical (unpaired) electrons. The SMILES string of the molecule is C[C@H](CNC(=O)[C@@H]1CC(=O)N(c2ccc(Cl)cc2)C1)c1ccccc1. The molecule has 2 atom stereocenters. The fraction of sp³-hybridized carbons (Fsp3) is 0.300. The van der Waals surface area contributed by atoms with Crippen molar-refractivity contribution >= 4 is 29.1 Å². The number of hydrogen-bond acceptors (Lipinski definition) is 2. The van der Waals surface area contributed by atoms with Gasteiger partial charge in [0.05, 0.1) is 5.92 Å². The molecular weight excluding hydrogens is 336 g/mol. The lowest BCUT2D eigenvalue weighted by molar-refractivity contribution is -0.126. The average molecular weight is 357 g/mol. The van der Waals surface area contributed by atoms with Crippen LogP contribution in [0.1, 0.15) is 24.8 Å². The molecule has 2 amide bonds. The molecule has 1 aliphatic heterocycles. The Hall–Kier alpha value is -2.33. The Morgan fingerprint density at radius 1 is 1.20 bits per heavy atom. The lowest BCUT2D eigenvalue weighted by atomic mass is 10.0. The van der Waals surface area contributed by atoms with Crippen molar-refractivity contribution < 1.29 is 9.59 Å². The summed E-state index contributed by atoms with van der Waals surface area (Å²) in [5.74, 6) is -0.174. The molecule has 1 saturated heterocycles. The number of nitrogens with zero attached hydrogens (tertiary/aromatic N) is 1. The fourth-order valence-corrected chi connectivity index (χ4v) is 3.18. The lowest BCUT2D eigenvalue weighted by Crippen LogP contribution is -2.35. The summed E-state index contributed by atoms with van der Waals surface area (Å²) in [5.41, 5.74) is 1.97. The minimum absolute atomic E-state index is 0.0291. The van der Waals surface area contributed by atoms with Crippen LogP contribution in [0, 0.1) is 5.92 Å². The van der Waals surface area contributed by atoms with Crippen LogP contribution in [0.15, 0.2) is 54.6 Å². The summed E-state index contributed by atoms with van der Waals surface area (Å²) in [4.78, 5) is 26.3. The summed E-state index contributed by atoms with van der Waals surface area (Å²) in [6.07, 6.45) is 0.244. The number of carbonyl (C=O) groups is 2. The van der Waals surface area contributed by atoms with Crippen molar-refractivity contribution in [3.05, 3.63) is 65.2 Å². The van der Waals surface area contributed by atoms with E-state index in [2.05, 4.69) is 24.4 Å². The number of rotatable bonds is 5. The van der Waals surface area contributed by atoms with E-state index in [1.165, 1.54) is 5.56 Å². The normalized spacial score (nSPS) is 18.2. The summed E-state index contributed by atoms with van der Waals surface area (Å²) in [6.45, 7) is 3.05. The second-order valence-electron chi connectivity index (χ2n) is 6.44. The number of nitrogens with one attached hydrogen (secondary N) is 1. The van der Waals surface area contributed by atoms with Gasteiger partial charge in [0.25, 0.3) is 0 Å².